The molecule has 4 N–H and O–H groups in total. The van der Waals surface area contributed by atoms with Gasteiger partial charge in [-0.3, -0.25) is 14.9 Å². The maximum atomic E-state index is 11.2. The van der Waals surface area contributed by atoms with Crippen molar-refractivity contribution in [1.29, 1.82) is 0 Å². The van der Waals surface area contributed by atoms with Gasteiger partial charge < -0.3 is 10.4 Å². The molecule has 29 heavy (non-hydrogen) atoms. The second-order valence-electron chi connectivity index (χ2n) is 7.24. The molecule has 0 heterocycles. The number of rotatable bonds is 9. The molecule has 0 spiro atoms. The van der Waals surface area contributed by atoms with Crippen LogP contribution < -0.4 is 10.8 Å². The molecule has 0 fully saturated rings. The van der Waals surface area contributed by atoms with Crippen LogP contribution in [-0.4, -0.2) is 40.8 Å². The number of aliphatic hydroxyl groups is 1. The highest BCUT2D eigenvalue weighted by molar-refractivity contribution is 5.90. The third-order valence-electron chi connectivity index (χ3n) is 5.30. The molecule has 0 aromatic heterocycles. The maximum Gasteiger partial charge on any atom is 0.267 e. The number of carbonyl (C=O) groups is 1. The molecule has 1 unspecified atom stereocenters. The third-order valence-corrected chi connectivity index (χ3v) is 5.30. The van der Waals surface area contributed by atoms with Crippen LogP contribution >= 0.6 is 0 Å². The summed E-state index contributed by atoms with van der Waals surface area (Å²) in [6.45, 7) is 4.51. The van der Waals surface area contributed by atoms with Gasteiger partial charge in [-0.25, -0.2) is 5.48 Å². The number of hydrogen-bond acceptors (Lipinski definition) is 5. The fourth-order valence-electron chi connectivity index (χ4n) is 3.95. The number of amides is 1. The van der Waals surface area contributed by atoms with Crippen LogP contribution in [0.4, 0.5) is 5.69 Å². The van der Waals surface area contributed by atoms with Crippen LogP contribution in [0.2, 0.25) is 0 Å². The molecule has 154 valence electrons. The molecule has 0 saturated heterocycles. The minimum absolute atomic E-state index is 0.123. The number of carbonyl (C=O) groups excluding carboxylic acids is 1. The average Bonchev–Trinajstić information content (AvgIpc) is 3.16. The Balaban J connectivity index is 1.74. The van der Waals surface area contributed by atoms with Gasteiger partial charge in [-0.2, -0.15) is 0 Å². The smallest absolute Gasteiger partial charge is 0.267 e. The van der Waals surface area contributed by atoms with Crippen LogP contribution in [0.1, 0.15) is 41.6 Å². The van der Waals surface area contributed by atoms with Crippen molar-refractivity contribution < 1.29 is 15.1 Å². The molecule has 0 radical (unpaired) electrons. The summed E-state index contributed by atoms with van der Waals surface area (Å²) in [6.07, 6.45) is 4.98. The number of aliphatic hydroxyl groups excluding tert-OH is 1. The Hall–Kier alpha value is -2.67. The first-order valence-corrected chi connectivity index (χ1v) is 10.1. The van der Waals surface area contributed by atoms with Gasteiger partial charge in [0.1, 0.15) is 0 Å². The minimum Gasteiger partial charge on any atom is -0.395 e. The summed E-state index contributed by atoms with van der Waals surface area (Å²) >= 11 is 0. The molecule has 1 aliphatic carbocycles. The first-order valence-electron chi connectivity index (χ1n) is 10.1. The van der Waals surface area contributed by atoms with Gasteiger partial charge in [-0.1, -0.05) is 30.3 Å². The standard InChI is InChI=1S/C23H29N3O3/c1-2-24-20-8-3-18(4-9-20)16-26(13-14-27)22-11-7-19-15-17(5-10-21(19)22)6-12-23(28)25-29/h3-6,8-10,12,15,22,24,27,29H,2,7,11,13-14,16H2,1H3,(H,25,28)/b12-6+. The van der Waals surface area contributed by atoms with Crippen molar-refractivity contribution in [2.75, 3.05) is 25.0 Å². The molecule has 2 aromatic carbocycles. The van der Waals surface area contributed by atoms with E-state index in [1.165, 1.54) is 22.8 Å². The highest BCUT2D eigenvalue weighted by Gasteiger charge is 2.27. The second kappa shape index (κ2) is 10.2. The zero-order valence-corrected chi connectivity index (χ0v) is 16.8. The first kappa shape index (κ1) is 21.0. The summed E-state index contributed by atoms with van der Waals surface area (Å²) in [4.78, 5) is 13.5. The van der Waals surface area contributed by atoms with Crippen molar-refractivity contribution in [3.05, 3.63) is 70.8 Å². The minimum atomic E-state index is -0.544. The van der Waals surface area contributed by atoms with Crippen LogP contribution in [0.15, 0.2) is 48.5 Å². The Morgan fingerprint density at radius 2 is 2.03 bits per heavy atom. The predicted molar refractivity (Wildman–Crippen MR) is 115 cm³/mol. The van der Waals surface area contributed by atoms with E-state index >= 15 is 0 Å². The molecule has 0 aliphatic heterocycles. The third kappa shape index (κ3) is 5.44. The van der Waals surface area contributed by atoms with Gasteiger partial charge in [0.05, 0.1) is 6.61 Å². The number of anilines is 1. The normalized spacial score (nSPS) is 15.7. The number of benzene rings is 2. The van der Waals surface area contributed by atoms with Crippen molar-refractivity contribution in [2.24, 2.45) is 0 Å². The van der Waals surface area contributed by atoms with Crippen LogP contribution in [0, 0.1) is 0 Å². The van der Waals surface area contributed by atoms with E-state index < -0.39 is 5.91 Å². The fourth-order valence-corrected chi connectivity index (χ4v) is 3.95. The van der Waals surface area contributed by atoms with Crippen LogP contribution in [0.5, 0.6) is 0 Å². The van der Waals surface area contributed by atoms with Gasteiger partial charge in [0, 0.05) is 37.4 Å². The summed E-state index contributed by atoms with van der Waals surface area (Å²) in [7, 11) is 0. The van der Waals surface area contributed by atoms with E-state index in [4.69, 9.17) is 5.21 Å². The Kier molecular flexibility index (Phi) is 7.41. The van der Waals surface area contributed by atoms with Gasteiger partial charge >= 0.3 is 0 Å². The number of hydrogen-bond donors (Lipinski definition) is 4. The van der Waals surface area contributed by atoms with Crippen molar-refractivity contribution >= 4 is 17.7 Å². The van der Waals surface area contributed by atoms with E-state index in [2.05, 4.69) is 53.5 Å². The largest absolute Gasteiger partial charge is 0.395 e. The lowest BCUT2D eigenvalue weighted by atomic mass is 10.0. The highest BCUT2D eigenvalue weighted by atomic mass is 16.5. The molecule has 1 atom stereocenters. The lowest BCUT2D eigenvalue weighted by Gasteiger charge is -2.29. The van der Waals surface area contributed by atoms with E-state index in [0.717, 1.165) is 37.2 Å². The molecule has 2 aromatic rings. The van der Waals surface area contributed by atoms with Gasteiger partial charge in [-0.15, -0.1) is 0 Å². The average molecular weight is 396 g/mol. The molecule has 1 aliphatic rings. The SMILES string of the molecule is CCNc1ccc(CN(CCO)C2CCc3cc(/C=C/C(=O)NO)ccc32)cc1. The molecule has 0 saturated carbocycles. The molecule has 0 bridgehead atoms. The lowest BCUT2D eigenvalue weighted by molar-refractivity contribution is -0.124. The van der Waals surface area contributed by atoms with Crippen molar-refractivity contribution in [1.82, 2.24) is 10.4 Å². The van der Waals surface area contributed by atoms with Crippen molar-refractivity contribution in [3.63, 3.8) is 0 Å². The zero-order valence-electron chi connectivity index (χ0n) is 16.8. The monoisotopic (exact) mass is 395 g/mol. The Labute approximate surface area is 171 Å². The van der Waals surface area contributed by atoms with E-state index in [1.54, 1.807) is 11.6 Å². The van der Waals surface area contributed by atoms with Gasteiger partial charge in [0.2, 0.25) is 0 Å². The van der Waals surface area contributed by atoms with E-state index in [-0.39, 0.29) is 12.6 Å². The Morgan fingerprint density at radius 1 is 1.24 bits per heavy atom. The molecular weight excluding hydrogens is 366 g/mol. The van der Waals surface area contributed by atoms with Gasteiger partial charge in [0.15, 0.2) is 0 Å². The molecule has 6 nitrogen and oxygen atoms in total. The summed E-state index contributed by atoms with van der Waals surface area (Å²) in [5, 5.41) is 21.5. The quantitative estimate of drug-likeness (QED) is 0.298. The summed E-state index contributed by atoms with van der Waals surface area (Å²) < 4.78 is 0. The summed E-state index contributed by atoms with van der Waals surface area (Å²) in [6, 6.07) is 14.9. The first-order chi connectivity index (χ1) is 14.1. The number of nitrogens with one attached hydrogen (secondary N) is 2. The molecule has 6 heteroatoms. The fraction of sp³-hybridized carbons (Fsp3) is 0.348. The maximum absolute atomic E-state index is 11.2. The molecule has 1 amide bonds. The second-order valence-corrected chi connectivity index (χ2v) is 7.24. The zero-order chi connectivity index (χ0) is 20.6. The topological polar surface area (TPSA) is 84.8 Å². The molecular formula is C23H29N3O3. The Morgan fingerprint density at radius 3 is 2.72 bits per heavy atom. The van der Waals surface area contributed by atoms with Crippen molar-refractivity contribution in [2.45, 2.75) is 32.4 Å². The van der Waals surface area contributed by atoms with E-state index in [0.29, 0.717) is 6.54 Å². The van der Waals surface area contributed by atoms with Gasteiger partial charge in [-0.05, 0) is 60.2 Å². The number of nitrogens with zero attached hydrogens (tertiary/aromatic N) is 1. The van der Waals surface area contributed by atoms with Gasteiger partial charge in [0.25, 0.3) is 5.91 Å². The Bertz CT molecular complexity index is 849. The van der Waals surface area contributed by atoms with Crippen molar-refractivity contribution in [3.8, 4) is 0 Å². The number of aryl methyl sites for hydroxylation is 1. The van der Waals surface area contributed by atoms with E-state index in [9.17, 15) is 9.90 Å². The summed E-state index contributed by atoms with van der Waals surface area (Å²) in [5.41, 5.74) is 7.42. The van der Waals surface area contributed by atoms with Crippen LogP contribution in [0.3, 0.4) is 0 Å². The lowest BCUT2D eigenvalue weighted by Crippen LogP contribution is -2.30. The molecule has 3 rings (SSSR count). The number of fused-ring (bicyclic) bond motifs is 1. The number of hydroxylamine groups is 1. The van der Waals surface area contributed by atoms with E-state index in [1.807, 2.05) is 6.07 Å². The predicted octanol–water partition coefficient (Wildman–Crippen LogP) is 3.12. The summed E-state index contributed by atoms with van der Waals surface area (Å²) in [5.74, 6) is -0.544. The van der Waals surface area contributed by atoms with Crippen LogP contribution in [-0.2, 0) is 17.8 Å². The highest BCUT2D eigenvalue weighted by Crippen LogP contribution is 2.37. The van der Waals surface area contributed by atoms with Crippen LogP contribution in [0.25, 0.3) is 6.08 Å².